The lowest BCUT2D eigenvalue weighted by atomic mass is 10.0. The third-order valence-corrected chi connectivity index (χ3v) is 5.78. The van der Waals surface area contributed by atoms with Crippen molar-refractivity contribution >= 4 is 28.5 Å². The molecular formula is C25H27N5O4. The van der Waals surface area contributed by atoms with Crippen LogP contribution in [-0.2, 0) is 4.79 Å². The molecule has 9 nitrogen and oxygen atoms in total. The SMILES string of the molecule is COc1cc2c(Oc3cccc(NC(=O)NC(=O)C=C(N)C4CCCC4)c3)ncnc2cc1C. The number of hydrogen-bond donors (Lipinski definition) is 3. The Bertz CT molecular complexity index is 1250. The van der Waals surface area contributed by atoms with Crippen molar-refractivity contribution in [1.29, 1.82) is 0 Å². The number of carbonyl (C=O) groups is 2. The lowest BCUT2D eigenvalue weighted by Gasteiger charge is -2.12. The number of fused-ring (bicyclic) bond motifs is 1. The highest BCUT2D eigenvalue weighted by Gasteiger charge is 2.18. The van der Waals surface area contributed by atoms with Crippen molar-refractivity contribution < 1.29 is 19.1 Å². The summed E-state index contributed by atoms with van der Waals surface area (Å²) in [6.07, 6.45) is 6.89. The molecule has 3 aromatic rings. The zero-order valence-corrected chi connectivity index (χ0v) is 19.1. The van der Waals surface area contributed by atoms with Crippen LogP contribution in [0, 0.1) is 12.8 Å². The fourth-order valence-electron chi connectivity index (χ4n) is 4.05. The summed E-state index contributed by atoms with van der Waals surface area (Å²) < 4.78 is 11.4. The summed E-state index contributed by atoms with van der Waals surface area (Å²) >= 11 is 0. The molecule has 1 aliphatic carbocycles. The molecule has 1 aromatic heterocycles. The van der Waals surface area contributed by atoms with Crippen LogP contribution < -0.4 is 25.8 Å². The number of methoxy groups -OCH3 is 1. The van der Waals surface area contributed by atoms with E-state index in [1.807, 2.05) is 19.1 Å². The van der Waals surface area contributed by atoms with Crippen molar-refractivity contribution in [2.45, 2.75) is 32.6 Å². The summed E-state index contributed by atoms with van der Waals surface area (Å²) in [4.78, 5) is 33.0. The Morgan fingerprint density at radius 2 is 1.94 bits per heavy atom. The summed E-state index contributed by atoms with van der Waals surface area (Å²) in [5.41, 5.74) is 8.64. The first-order valence-corrected chi connectivity index (χ1v) is 11.1. The minimum atomic E-state index is -0.662. The Morgan fingerprint density at radius 3 is 2.71 bits per heavy atom. The van der Waals surface area contributed by atoms with Crippen LogP contribution in [-0.4, -0.2) is 29.0 Å². The van der Waals surface area contributed by atoms with Crippen molar-refractivity contribution in [3.05, 3.63) is 60.1 Å². The van der Waals surface area contributed by atoms with Gasteiger partial charge in [0.1, 0.15) is 17.8 Å². The number of nitrogens with zero attached hydrogens (tertiary/aromatic N) is 2. The molecule has 0 aliphatic heterocycles. The number of carbonyl (C=O) groups excluding carboxylic acids is 2. The molecule has 0 radical (unpaired) electrons. The van der Waals surface area contributed by atoms with Crippen molar-refractivity contribution in [2.75, 3.05) is 12.4 Å². The Balaban J connectivity index is 1.44. The molecule has 0 spiro atoms. The van der Waals surface area contributed by atoms with E-state index in [2.05, 4.69) is 20.6 Å². The van der Waals surface area contributed by atoms with E-state index < -0.39 is 11.9 Å². The molecule has 0 atom stereocenters. The number of aromatic nitrogens is 2. The van der Waals surface area contributed by atoms with Gasteiger partial charge in [0.15, 0.2) is 0 Å². The van der Waals surface area contributed by atoms with Crippen molar-refractivity contribution in [3.8, 4) is 17.4 Å². The van der Waals surface area contributed by atoms with Gasteiger partial charge < -0.3 is 20.5 Å². The van der Waals surface area contributed by atoms with E-state index in [0.717, 1.165) is 36.8 Å². The molecular weight excluding hydrogens is 434 g/mol. The van der Waals surface area contributed by atoms with E-state index in [-0.39, 0.29) is 5.92 Å². The first-order valence-electron chi connectivity index (χ1n) is 11.1. The molecule has 1 saturated carbocycles. The van der Waals surface area contributed by atoms with Crippen LogP contribution in [0.2, 0.25) is 0 Å². The molecule has 0 unspecified atom stereocenters. The highest BCUT2D eigenvalue weighted by molar-refractivity contribution is 6.05. The quantitative estimate of drug-likeness (QED) is 0.464. The topological polar surface area (TPSA) is 128 Å². The first-order chi connectivity index (χ1) is 16.4. The number of aryl methyl sites for hydroxylation is 1. The van der Waals surface area contributed by atoms with E-state index in [4.69, 9.17) is 15.2 Å². The highest BCUT2D eigenvalue weighted by atomic mass is 16.5. The summed E-state index contributed by atoms with van der Waals surface area (Å²) in [5.74, 6) is 1.17. The average Bonchev–Trinajstić information content (AvgIpc) is 3.34. The third kappa shape index (κ3) is 5.43. The Hall–Kier alpha value is -4.14. The smallest absolute Gasteiger partial charge is 0.326 e. The second kappa shape index (κ2) is 10.2. The number of imide groups is 1. The predicted molar refractivity (Wildman–Crippen MR) is 129 cm³/mol. The maximum absolute atomic E-state index is 12.3. The summed E-state index contributed by atoms with van der Waals surface area (Å²) in [7, 11) is 1.60. The standard InChI is InChI=1S/C25H27N5O4/c1-15-10-21-19(12-22(15)33-2)24(28-14-27-21)34-18-9-5-8-17(11-18)29-25(32)30-23(31)13-20(26)16-6-3-4-7-16/h5,8-14,16H,3-4,6-7,26H2,1-2H3,(H2,29,30,31,32). The van der Waals surface area contributed by atoms with Gasteiger partial charge in [-0.2, -0.15) is 0 Å². The van der Waals surface area contributed by atoms with Crippen molar-refractivity contribution in [2.24, 2.45) is 11.7 Å². The van der Waals surface area contributed by atoms with E-state index in [1.165, 1.54) is 12.4 Å². The molecule has 2 aromatic carbocycles. The molecule has 1 fully saturated rings. The fourth-order valence-corrected chi connectivity index (χ4v) is 4.05. The van der Waals surface area contributed by atoms with Crippen LogP contribution in [0.3, 0.4) is 0 Å². The number of nitrogens with one attached hydrogen (secondary N) is 2. The normalized spacial score (nSPS) is 14.1. The fraction of sp³-hybridized carbons (Fsp3) is 0.280. The monoisotopic (exact) mass is 461 g/mol. The maximum Gasteiger partial charge on any atom is 0.326 e. The van der Waals surface area contributed by atoms with Crippen LogP contribution >= 0.6 is 0 Å². The van der Waals surface area contributed by atoms with Gasteiger partial charge in [0.05, 0.1) is 18.0 Å². The van der Waals surface area contributed by atoms with E-state index in [9.17, 15) is 9.59 Å². The number of benzene rings is 2. The average molecular weight is 462 g/mol. The summed E-state index contributed by atoms with van der Waals surface area (Å²) in [6.45, 7) is 1.94. The lowest BCUT2D eigenvalue weighted by molar-refractivity contribution is -0.115. The Morgan fingerprint density at radius 1 is 1.15 bits per heavy atom. The number of rotatable bonds is 6. The molecule has 34 heavy (non-hydrogen) atoms. The van der Waals surface area contributed by atoms with E-state index in [0.29, 0.717) is 34.1 Å². The van der Waals surface area contributed by atoms with Crippen LogP contribution in [0.25, 0.3) is 10.9 Å². The van der Waals surface area contributed by atoms with Gasteiger partial charge in [0, 0.05) is 23.5 Å². The predicted octanol–water partition coefficient (Wildman–Crippen LogP) is 4.42. The van der Waals surface area contributed by atoms with Gasteiger partial charge in [-0.15, -0.1) is 0 Å². The first kappa shape index (κ1) is 23.0. The largest absolute Gasteiger partial charge is 0.496 e. The van der Waals surface area contributed by atoms with Crippen LogP contribution in [0.1, 0.15) is 31.2 Å². The van der Waals surface area contributed by atoms with Gasteiger partial charge in [0.2, 0.25) is 5.88 Å². The van der Waals surface area contributed by atoms with Crippen LogP contribution in [0.15, 0.2) is 54.5 Å². The number of anilines is 1. The summed E-state index contributed by atoms with van der Waals surface area (Å²) in [6, 6.07) is 9.83. The molecule has 176 valence electrons. The molecule has 4 N–H and O–H groups in total. The molecule has 1 aliphatic rings. The van der Waals surface area contributed by atoms with Gasteiger partial charge in [-0.1, -0.05) is 18.9 Å². The molecule has 1 heterocycles. The van der Waals surface area contributed by atoms with Crippen LogP contribution in [0.4, 0.5) is 10.5 Å². The number of urea groups is 1. The van der Waals surface area contributed by atoms with Gasteiger partial charge in [0.25, 0.3) is 5.91 Å². The lowest BCUT2D eigenvalue weighted by Crippen LogP contribution is -2.33. The van der Waals surface area contributed by atoms with Gasteiger partial charge in [-0.05, 0) is 55.5 Å². The number of amides is 3. The van der Waals surface area contributed by atoms with Crippen LogP contribution in [0.5, 0.6) is 17.4 Å². The van der Waals surface area contributed by atoms with E-state index in [1.54, 1.807) is 31.4 Å². The van der Waals surface area contributed by atoms with Crippen molar-refractivity contribution in [1.82, 2.24) is 15.3 Å². The maximum atomic E-state index is 12.3. The van der Waals surface area contributed by atoms with Gasteiger partial charge in [-0.3, -0.25) is 10.1 Å². The molecule has 0 bridgehead atoms. The zero-order valence-electron chi connectivity index (χ0n) is 19.1. The Labute approximate surface area is 197 Å². The Kier molecular flexibility index (Phi) is 6.91. The minimum absolute atomic E-state index is 0.212. The highest BCUT2D eigenvalue weighted by Crippen LogP contribution is 2.32. The minimum Gasteiger partial charge on any atom is -0.496 e. The number of ether oxygens (including phenoxy) is 2. The zero-order chi connectivity index (χ0) is 24.1. The second-order valence-electron chi connectivity index (χ2n) is 8.22. The molecule has 9 heteroatoms. The molecule has 4 rings (SSSR count). The van der Waals surface area contributed by atoms with Gasteiger partial charge >= 0.3 is 6.03 Å². The van der Waals surface area contributed by atoms with Crippen molar-refractivity contribution in [3.63, 3.8) is 0 Å². The number of nitrogens with two attached hydrogens (primary N) is 1. The molecule has 3 amide bonds. The number of allylic oxidation sites excluding steroid dienone is 1. The summed E-state index contributed by atoms with van der Waals surface area (Å²) in [5, 5.41) is 5.60. The molecule has 0 saturated heterocycles. The number of hydrogen-bond acceptors (Lipinski definition) is 7. The second-order valence-corrected chi connectivity index (χ2v) is 8.22. The third-order valence-electron chi connectivity index (χ3n) is 5.78. The van der Waals surface area contributed by atoms with Gasteiger partial charge in [-0.25, -0.2) is 14.8 Å². The van der Waals surface area contributed by atoms with E-state index >= 15 is 0 Å².